The second-order valence-corrected chi connectivity index (χ2v) is 16.1. The van der Waals surface area contributed by atoms with Crippen molar-refractivity contribution in [2.24, 2.45) is 68.5 Å². The van der Waals surface area contributed by atoms with E-state index in [1.807, 2.05) is 0 Å². The standard InChI is InChI=1S/C25H30S/c1-12-3-21-7-14-8-22-4-13-2-20(1,16(21)22)17-23(5-12)10-15-11-24(17,6-13)19(22)25(9-14,26-15)18(21)23/h12-19H,1-11H2. The fraction of sp³-hybridized carbons (Fsp3) is 1.00. The fourth-order valence-electron chi connectivity index (χ4n) is 17.4. The molecule has 0 N–H and O–H groups in total. The topological polar surface area (TPSA) is 0 Å². The smallest absolute Gasteiger partial charge is 0.0243 e. The maximum atomic E-state index is 2.68. The Morgan fingerprint density at radius 2 is 0.808 bits per heavy atom. The minimum absolute atomic E-state index is 0.826. The van der Waals surface area contributed by atoms with Gasteiger partial charge in [0.2, 0.25) is 0 Å². The predicted octanol–water partition coefficient (Wildman–Crippen LogP) is 5.51. The summed E-state index contributed by atoms with van der Waals surface area (Å²) in [4.78, 5) is 0. The molecule has 0 radical (unpaired) electrons. The maximum absolute atomic E-state index is 2.68. The molecule has 136 valence electrons. The van der Waals surface area contributed by atoms with E-state index in [0.717, 1.165) is 37.1 Å². The van der Waals surface area contributed by atoms with E-state index in [1.54, 1.807) is 70.6 Å². The van der Waals surface area contributed by atoms with Crippen LogP contribution >= 0.6 is 11.8 Å². The van der Waals surface area contributed by atoms with E-state index in [0.29, 0.717) is 0 Å². The van der Waals surface area contributed by atoms with E-state index >= 15 is 0 Å². The Morgan fingerprint density at radius 1 is 0.423 bits per heavy atom. The highest BCUT2D eigenvalue weighted by Gasteiger charge is 3.00. The first-order valence-corrected chi connectivity index (χ1v) is 13.2. The van der Waals surface area contributed by atoms with Gasteiger partial charge in [0.05, 0.1) is 0 Å². The summed E-state index contributed by atoms with van der Waals surface area (Å²) in [7, 11) is 0. The highest BCUT2D eigenvalue weighted by molar-refractivity contribution is 8.01. The van der Waals surface area contributed by atoms with Crippen molar-refractivity contribution in [2.45, 2.75) is 80.6 Å². The summed E-state index contributed by atoms with van der Waals surface area (Å²) < 4.78 is 0.826. The van der Waals surface area contributed by atoms with Crippen molar-refractivity contribution in [3.63, 3.8) is 0 Å². The molecule has 16 fully saturated rings. The van der Waals surface area contributed by atoms with Crippen molar-refractivity contribution in [1.29, 1.82) is 0 Å². The molecule has 26 heavy (non-hydrogen) atoms. The second-order valence-electron chi connectivity index (χ2n) is 14.4. The Bertz CT molecular complexity index is 624. The first kappa shape index (κ1) is 12.8. The van der Waals surface area contributed by atoms with Crippen LogP contribution in [0.3, 0.4) is 0 Å². The van der Waals surface area contributed by atoms with Crippen LogP contribution in [0, 0.1) is 68.5 Å². The highest BCUT2D eigenvalue weighted by atomic mass is 32.2. The lowest BCUT2D eigenvalue weighted by atomic mass is 9.05. The Balaban J connectivity index is 1.42. The molecule has 14 aliphatic carbocycles. The molecule has 6 spiro atoms. The second kappa shape index (κ2) is 2.87. The van der Waals surface area contributed by atoms with Crippen LogP contribution in [0.4, 0.5) is 0 Å². The van der Waals surface area contributed by atoms with Crippen molar-refractivity contribution >= 4 is 11.8 Å². The molecule has 16 aliphatic rings. The Hall–Kier alpha value is 0.350. The van der Waals surface area contributed by atoms with Gasteiger partial charge in [-0.2, -0.15) is 11.8 Å². The molecule has 1 heteroatoms. The van der Waals surface area contributed by atoms with Gasteiger partial charge in [-0.1, -0.05) is 0 Å². The molecule has 0 nitrogen and oxygen atoms in total. The quantitative estimate of drug-likeness (QED) is 0.547. The van der Waals surface area contributed by atoms with Crippen LogP contribution in [0.2, 0.25) is 0 Å². The molecule has 8 unspecified atom stereocenters. The third-order valence-electron chi connectivity index (χ3n) is 14.3. The fourth-order valence-corrected chi connectivity index (χ4v) is 20.4. The van der Waals surface area contributed by atoms with Crippen molar-refractivity contribution in [3.05, 3.63) is 0 Å². The summed E-state index contributed by atoms with van der Waals surface area (Å²) >= 11 is 2.68. The molecule has 0 amide bonds. The number of thioether (sulfide) groups is 1. The van der Waals surface area contributed by atoms with E-state index in [9.17, 15) is 0 Å². The monoisotopic (exact) mass is 362 g/mol. The molecule has 2 saturated heterocycles. The lowest BCUT2D eigenvalue weighted by Gasteiger charge is -3.02. The normalized spacial score (nSPS) is 88.6. The number of rotatable bonds is 0. The molecule has 0 aromatic heterocycles. The van der Waals surface area contributed by atoms with Gasteiger partial charge in [-0.05, 0) is 139 Å². The van der Waals surface area contributed by atoms with Gasteiger partial charge < -0.3 is 0 Å². The zero-order valence-corrected chi connectivity index (χ0v) is 16.6. The van der Waals surface area contributed by atoms with Gasteiger partial charge >= 0.3 is 0 Å². The Kier molecular flexibility index (Phi) is 1.42. The van der Waals surface area contributed by atoms with Crippen molar-refractivity contribution in [3.8, 4) is 0 Å². The van der Waals surface area contributed by atoms with Crippen LogP contribution in [-0.4, -0.2) is 10.00 Å². The zero-order chi connectivity index (χ0) is 16.1. The third-order valence-corrected chi connectivity index (χ3v) is 16.0. The van der Waals surface area contributed by atoms with E-state index in [-0.39, 0.29) is 0 Å². The first-order valence-electron chi connectivity index (χ1n) is 12.3. The molecule has 8 atom stereocenters. The van der Waals surface area contributed by atoms with E-state index in [2.05, 4.69) is 11.8 Å². The number of hydrogen-bond acceptors (Lipinski definition) is 1. The van der Waals surface area contributed by atoms with Gasteiger partial charge in [-0.15, -0.1) is 0 Å². The largest absolute Gasteiger partial charge is 0.151 e. The van der Waals surface area contributed by atoms with E-state index < -0.39 is 0 Å². The Labute approximate surface area is 161 Å². The average Bonchev–Trinajstić information content (AvgIpc) is 2.47. The highest BCUT2D eigenvalue weighted by Crippen LogP contribution is 3.05. The van der Waals surface area contributed by atoms with Gasteiger partial charge in [0.15, 0.2) is 0 Å². The van der Waals surface area contributed by atoms with Crippen LogP contribution in [0.5, 0.6) is 0 Å². The van der Waals surface area contributed by atoms with Gasteiger partial charge in [0, 0.05) is 10.00 Å². The molecule has 14 bridgehead atoms. The average molecular weight is 363 g/mol. The SMILES string of the molecule is C1C2CC34CC5CC67CC8CC1(C36)C1C3(C2)CC2CC1(C8)C7C(C5)(S2)C43. The van der Waals surface area contributed by atoms with Crippen LogP contribution < -0.4 is 0 Å². The minimum Gasteiger partial charge on any atom is -0.151 e. The van der Waals surface area contributed by atoms with Crippen LogP contribution in [0.1, 0.15) is 70.6 Å². The molecule has 2 aliphatic heterocycles. The van der Waals surface area contributed by atoms with Crippen LogP contribution in [0.25, 0.3) is 0 Å². The molecular formula is C25H30S. The van der Waals surface area contributed by atoms with Crippen molar-refractivity contribution in [2.75, 3.05) is 0 Å². The summed E-state index contributed by atoms with van der Waals surface area (Å²) in [6.45, 7) is 0. The van der Waals surface area contributed by atoms with Crippen molar-refractivity contribution in [1.82, 2.24) is 0 Å². The first-order chi connectivity index (χ1) is 12.6. The maximum Gasteiger partial charge on any atom is 0.0243 e. The summed E-state index contributed by atoms with van der Waals surface area (Å²) in [5.41, 5.74) is 4.45. The minimum atomic E-state index is 0.826. The summed E-state index contributed by atoms with van der Waals surface area (Å²) in [5, 5.41) is 1.10. The lowest BCUT2D eigenvalue weighted by molar-refractivity contribution is -0.506. The van der Waals surface area contributed by atoms with Gasteiger partial charge in [0.1, 0.15) is 0 Å². The Morgan fingerprint density at radius 3 is 1.31 bits per heavy atom. The molecule has 2 heterocycles. The van der Waals surface area contributed by atoms with E-state index in [1.165, 1.54) is 41.4 Å². The summed E-state index contributed by atoms with van der Waals surface area (Å²) in [5.74, 6) is 8.46. The molecule has 14 saturated carbocycles. The van der Waals surface area contributed by atoms with Gasteiger partial charge in [-0.25, -0.2) is 0 Å². The molecular weight excluding hydrogens is 332 g/mol. The molecule has 0 aromatic rings. The predicted molar refractivity (Wildman–Crippen MR) is 101 cm³/mol. The van der Waals surface area contributed by atoms with Gasteiger partial charge in [-0.3, -0.25) is 0 Å². The zero-order valence-electron chi connectivity index (χ0n) is 15.8. The van der Waals surface area contributed by atoms with Crippen LogP contribution in [0.15, 0.2) is 0 Å². The molecule has 16 rings (SSSR count). The van der Waals surface area contributed by atoms with Gasteiger partial charge in [0.25, 0.3) is 0 Å². The van der Waals surface area contributed by atoms with Crippen LogP contribution in [-0.2, 0) is 0 Å². The molecule has 0 aromatic carbocycles. The lowest BCUT2D eigenvalue weighted by Crippen LogP contribution is -2.98. The van der Waals surface area contributed by atoms with E-state index in [4.69, 9.17) is 0 Å². The summed E-state index contributed by atoms with van der Waals surface area (Å²) in [6, 6.07) is 0. The number of hydrogen-bond donors (Lipinski definition) is 0. The summed E-state index contributed by atoms with van der Waals surface area (Å²) in [6.07, 6.45) is 19.0. The van der Waals surface area contributed by atoms with Crippen molar-refractivity contribution < 1.29 is 0 Å². The third kappa shape index (κ3) is 0.758.